The molecule has 1 aliphatic heterocycles. The van der Waals surface area contributed by atoms with Crippen molar-refractivity contribution in [2.45, 2.75) is 6.67 Å². The van der Waals surface area contributed by atoms with Gasteiger partial charge in [0.15, 0.2) is 5.82 Å². The van der Waals surface area contributed by atoms with E-state index in [1.54, 1.807) is 40.3 Å². The van der Waals surface area contributed by atoms with Gasteiger partial charge in [-0.25, -0.2) is 15.0 Å². The van der Waals surface area contributed by atoms with Crippen LogP contribution in [0.2, 0.25) is 0 Å². The van der Waals surface area contributed by atoms with E-state index in [-0.39, 0.29) is 0 Å². The van der Waals surface area contributed by atoms with Gasteiger partial charge in [-0.1, -0.05) is 5.22 Å². The summed E-state index contributed by atoms with van der Waals surface area (Å²) in [5.41, 5.74) is 2.80. The van der Waals surface area contributed by atoms with Crippen molar-refractivity contribution in [1.29, 1.82) is 0 Å². The number of thiophene rings is 1. The van der Waals surface area contributed by atoms with E-state index in [4.69, 9.17) is 0 Å². The fourth-order valence-corrected chi connectivity index (χ4v) is 4.27. The second kappa shape index (κ2) is 5.95. The molecule has 7 nitrogen and oxygen atoms in total. The number of hydrogen-bond donors (Lipinski definition) is 0. The van der Waals surface area contributed by atoms with Crippen molar-refractivity contribution in [1.82, 2.24) is 19.5 Å². The summed E-state index contributed by atoms with van der Waals surface area (Å²) in [6, 6.07) is 2.05. The van der Waals surface area contributed by atoms with Gasteiger partial charge in [-0.05, 0) is 11.4 Å². The van der Waals surface area contributed by atoms with E-state index in [1.165, 1.54) is 0 Å². The molecule has 23 heavy (non-hydrogen) atoms. The molecule has 1 atom stereocenters. The first-order chi connectivity index (χ1) is 11.2. The Morgan fingerprint density at radius 1 is 1.39 bits per heavy atom. The van der Waals surface area contributed by atoms with Gasteiger partial charge in [-0.3, -0.25) is 8.78 Å². The van der Waals surface area contributed by atoms with Gasteiger partial charge in [-0.2, -0.15) is 11.3 Å². The van der Waals surface area contributed by atoms with E-state index in [1.807, 2.05) is 15.3 Å². The third kappa shape index (κ3) is 2.84. The summed E-state index contributed by atoms with van der Waals surface area (Å²) in [6.45, 7) is 0.494. The van der Waals surface area contributed by atoms with Crippen molar-refractivity contribution in [3.63, 3.8) is 0 Å². The Balaban J connectivity index is 1.63. The third-order valence-electron chi connectivity index (χ3n) is 3.25. The Hall–Kier alpha value is -1.91. The predicted molar refractivity (Wildman–Crippen MR) is 91.9 cm³/mol. The van der Waals surface area contributed by atoms with Gasteiger partial charge >= 0.3 is 0 Å². The normalized spacial score (nSPS) is 14.9. The minimum Gasteiger partial charge on any atom is -0.293 e. The van der Waals surface area contributed by atoms with Crippen LogP contribution in [0.3, 0.4) is 0 Å². The highest BCUT2D eigenvalue weighted by molar-refractivity contribution is 7.84. The lowest BCUT2D eigenvalue weighted by Crippen LogP contribution is -2.25. The minimum absolute atomic E-state index is 0.357. The van der Waals surface area contributed by atoms with Crippen LogP contribution in [-0.2, 0) is 17.5 Å². The largest absolute Gasteiger partial charge is 0.293 e. The Bertz CT molecular complexity index is 882. The summed E-state index contributed by atoms with van der Waals surface area (Å²) >= 11 is 3.19. The van der Waals surface area contributed by atoms with Crippen LogP contribution >= 0.6 is 22.7 Å². The topological polar surface area (TPSA) is 75.7 Å². The van der Waals surface area contributed by atoms with Gasteiger partial charge in [-0.15, -0.1) is 16.5 Å². The van der Waals surface area contributed by atoms with Crippen LogP contribution in [0.4, 0.5) is 5.82 Å². The van der Waals surface area contributed by atoms with E-state index < -0.39 is 10.8 Å². The summed E-state index contributed by atoms with van der Waals surface area (Å²) in [7, 11) is -0.954. The number of rotatable bonds is 4. The van der Waals surface area contributed by atoms with Crippen LogP contribution in [-0.4, -0.2) is 35.9 Å². The Kier molecular flexibility index (Phi) is 3.79. The molecule has 10 heteroatoms. The second-order valence-corrected chi connectivity index (χ2v) is 8.02. The van der Waals surface area contributed by atoms with Crippen molar-refractivity contribution in [3.05, 3.63) is 28.5 Å². The Morgan fingerprint density at radius 3 is 3.09 bits per heavy atom. The number of fused-ring (bicyclic) bond motifs is 1. The lowest BCUT2D eigenvalue weighted by Gasteiger charge is -2.20. The van der Waals surface area contributed by atoms with Gasteiger partial charge in [0.25, 0.3) is 0 Å². The number of aromatic nitrogens is 3. The molecule has 0 saturated carbocycles. The van der Waals surface area contributed by atoms with E-state index in [0.29, 0.717) is 18.4 Å². The summed E-state index contributed by atoms with van der Waals surface area (Å²) < 4.78 is 13.2. The van der Waals surface area contributed by atoms with Crippen LogP contribution in [0, 0.1) is 0 Å². The molecule has 118 valence electrons. The van der Waals surface area contributed by atoms with Crippen LogP contribution in [0.5, 0.6) is 0 Å². The van der Waals surface area contributed by atoms with E-state index in [9.17, 15) is 4.21 Å². The molecule has 0 aromatic carbocycles. The van der Waals surface area contributed by atoms with Crippen molar-refractivity contribution in [3.8, 4) is 22.0 Å². The van der Waals surface area contributed by atoms with Gasteiger partial charge in [0, 0.05) is 33.4 Å². The summed E-state index contributed by atoms with van der Waals surface area (Å²) in [5, 5.41) is 16.9. The molecule has 1 aliphatic rings. The minimum atomic E-state index is -0.954. The van der Waals surface area contributed by atoms with Gasteiger partial charge in [0.2, 0.25) is 0 Å². The molecule has 3 aromatic heterocycles. The molecule has 3 aromatic rings. The maximum Gasteiger partial charge on any atom is 0.188 e. The van der Waals surface area contributed by atoms with Crippen LogP contribution < -0.4 is 0 Å². The SMILES string of the molecule is CS(=O)CN1Cn2cnc(-c3nc(-c4ccsc4)cs3)c2N=N1. The van der Waals surface area contributed by atoms with Gasteiger partial charge < -0.3 is 0 Å². The average Bonchev–Trinajstić information content (AvgIpc) is 3.25. The molecular formula is C13H12N6OS3. The molecule has 0 bridgehead atoms. The molecule has 0 amide bonds. The molecule has 0 fully saturated rings. The smallest absolute Gasteiger partial charge is 0.188 e. The lowest BCUT2D eigenvalue weighted by atomic mass is 10.3. The molecule has 0 spiro atoms. The van der Waals surface area contributed by atoms with Crippen molar-refractivity contribution in [2.75, 3.05) is 12.1 Å². The average molecular weight is 364 g/mol. The maximum absolute atomic E-state index is 11.3. The second-order valence-electron chi connectivity index (χ2n) is 4.98. The zero-order valence-electron chi connectivity index (χ0n) is 12.1. The summed E-state index contributed by atoms with van der Waals surface area (Å²) in [6.07, 6.45) is 3.37. The van der Waals surface area contributed by atoms with Crippen LogP contribution in [0.25, 0.3) is 22.0 Å². The molecule has 0 N–H and O–H groups in total. The monoisotopic (exact) mass is 364 g/mol. The van der Waals surface area contributed by atoms with Crippen molar-refractivity contribution >= 4 is 39.3 Å². The zero-order chi connectivity index (χ0) is 15.8. The van der Waals surface area contributed by atoms with E-state index >= 15 is 0 Å². The molecule has 0 radical (unpaired) electrons. The molecule has 4 rings (SSSR count). The first kappa shape index (κ1) is 14.7. The lowest BCUT2D eigenvalue weighted by molar-refractivity contribution is 0.235. The molecular weight excluding hydrogens is 352 g/mol. The first-order valence-electron chi connectivity index (χ1n) is 6.71. The fraction of sp³-hybridized carbons (Fsp3) is 0.231. The first-order valence-corrected chi connectivity index (χ1v) is 10.3. The highest BCUT2D eigenvalue weighted by atomic mass is 32.2. The predicted octanol–water partition coefficient (Wildman–Crippen LogP) is 3.34. The number of hydrogen-bond acceptors (Lipinski definition) is 8. The van der Waals surface area contributed by atoms with Gasteiger partial charge in [0.1, 0.15) is 23.2 Å². The van der Waals surface area contributed by atoms with E-state index in [2.05, 4.69) is 31.8 Å². The van der Waals surface area contributed by atoms with Gasteiger partial charge in [0.05, 0.1) is 12.0 Å². The van der Waals surface area contributed by atoms with Crippen molar-refractivity contribution < 1.29 is 4.21 Å². The van der Waals surface area contributed by atoms with Crippen LogP contribution in [0.15, 0.2) is 38.9 Å². The Labute approximate surface area is 142 Å². The highest BCUT2D eigenvalue weighted by Crippen LogP contribution is 2.35. The Morgan fingerprint density at radius 2 is 2.30 bits per heavy atom. The summed E-state index contributed by atoms with van der Waals surface area (Å²) in [4.78, 5) is 9.09. The fourth-order valence-electron chi connectivity index (χ4n) is 2.25. The summed E-state index contributed by atoms with van der Waals surface area (Å²) in [5.74, 6) is 1.05. The molecule has 0 saturated heterocycles. The number of imidazole rings is 1. The molecule has 1 unspecified atom stereocenters. The molecule has 4 heterocycles. The van der Waals surface area contributed by atoms with Crippen LogP contribution in [0.1, 0.15) is 0 Å². The third-order valence-corrected chi connectivity index (χ3v) is 5.44. The van der Waals surface area contributed by atoms with Crippen molar-refractivity contribution in [2.24, 2.45) is 10.3 Å². The number of nitrogens with zero attached hydrogens (tertiary/aromatic N) is 6. The van der Waals surface area contributed by atoms with E-state index in [0.717, 1.165) is 22.0 Å². The molecule has 0 aliphatic carbocycles. The quantitative estimate of drug-likeness (QED) is 0.711. The highest BCUT2D eigenvalue weighted by Gasteiger charge is 2.21. The standard InChI is InChI=1S/C13H12N6OS3/c1-23(20)8-19-7-18-6-14-11(12(18)16-17-19)13-15-10(5-22-13)9-2-3-21-4-9/h2-6H,7-8H2,1H3. The number of thiazole rings is 1. The zero-order valence-corrected chi connectivity index (χ0v) is 14.6. The maximum atomic E-state index is 11.3.